The molecular weight excluding hydrogens is 284 g/mol. The topological polar surface area (TPSA) is 61.4 Å². The van der Waals surface area contributed by atoms with Gasteiger partial charge in [0.2, 0.25) is 5.91 Å². The molecule has 3 N–H and O–H groups in total. The van der Waals surface area contributed by atoms with E-state index in [1.807, 2.05) is 24.3 Å². The van der Waals surface area contributed by atoms with Gasteiger partial charge >= 0.3 is 0 Å². The highest BCUT2D eigenvalue weighted by atomic mass is 79.9. The number of amides is 1. The summed E-state index contributed by atoms with van der Waals surface area (Å²) in [4.78, 5) is 11.6. The van der Waals surface area contributed by atoms with Crippen molar-refractivity contribution in [2.75, 3.05) is 18.5 Å². The normalized spacial score (nSPS) is 16.6. The van der Waals surface area contributed by atoms with Crippen LogP contribution in [0.1, 0.15) is 12.8 Å². The van der Waals surface area contributed by atoms with Crippen LogP contribution in [-0.4, -0.2) is 29.7 Å². The number of hydrogen-bond acceptors (Lipinski definition) is 3. The third-order valence-corrected chi connectivity index (χ3v) is 3.38. The molecule has 1 aromatic carbocycles. The van der Waals surface area contributed by atoms with Crippen LogP contribution in [-0.2, 0) is 4.79 Å². The monoisotopic (exact) mass is 298 g/mol. The van der Waals surface area contributed by atoms with Crippen molar-refractivity contribution in [3.8, 4) is 0 Å². The molecule has 1 saturated carbocycles. The maximum Gasteiger partial charge on any atom is 0.238 e. The minimum atomic E-state index is -0.200. The number of halogens is 1. The van der Waals surface area contributed by atoms with Gasteiger partial charge in [0.1, 0.15) is 0 Å². The lowest BCUT2D eigenvalue weighted by Gasteiger charge is -2.13. The SMILES string of the molecule is O=C(CNC1(CO)CC1)Nc1cccc(Br)c1. The molecule has 1 aromatic rings. The second kappa shape index (κ2) is 5.16. The van der Waals surface area contributed by atoms with Crippen molar-refractivity contribution in [2.24, 2.45) is 0 Å². The number of hydrogen-bond donors (Lipinski definition) is 3. The second-order valence-electron chi connectivity index (χ2n) is 4.35. The highest BCUT2D eigenvalue weighted by molar-refractivity contribution is 9.10. The van der Waals surface area contributed by atoms with Gasteiger partial charge in [-0.05, 0) is 31.0 Å². The van der Waals surface area contributed by atoms with Gasteiger partial charge in [0, 0.05) is 15.7 Å². The minimum absolute atomic E-state index is 0.0944. The van der Waals surface area contributed by atoms with E-state index in [4.69, 9.17) is 5.11 Å². The van der Waals surface area contributed by atoms with Crippen LogP contribution in [0, 0.1) is 0 Å². The molecule has 0 unspecified atom stereocenters. The summed E-state index contributed by atoms with van der Waals surface area (Å²) in [6.45, 7) is 0.324. The molecule has 0 radical (unpaired) electrons. The number of benzene rings is 1. The first-order chi connectivity index (χ1) is 8.13. The predicted octanol–water partition coefficient (Wildman–Crippen LogP) is 1.50. The highest BCUT2D eigenvalue weighted by Crippen LogP contribution is 2.34. The van der Waals surface area contributed by atoms with Crippen LogP contribution in [0.15, 0.2) is 28.7 Å². The van der Waals surface area contributed by atoms with Crippen molar-refractivity contribution in [2.45, 2.75) is 18.4 Å². The summed E-state index contributed by atoms with van der Waals surface area (Å²) in [6.07, 6.45) is 1.88. The molecule has 1 aliphatic carbocycles. The maximum absolute atomic E-state index is 11.6. The zero-order valence-electron chi connectivity index (χ0n) is 9.37. The Balaban J connectivity index is 1.81. The molecule has 0 aliphatic heterocycles. The van der Waals surface area contributed by atoms with Crippen molar-refractivity contribution in [3.63, 3.8) is 0 Å². The van der Waals surface area contributed by atoms with E-state index < -0.39 is 0 Å². The molecule has 2 rings (SSSR count). The molecule has 17 heavy (non-hydrogen) atoms. The van der Waals surface area contributed by atoms with Crippen LogP contribution in [0.2, 0.25) is 0 Å². The van der Waals surface area contributed by atoms with Crippen molar-refractivity contribution < 1.29 is 9.90 Å². The molecule has 0 saturated heterocycles. The average Bonchev–Trinajstić information content (AvgIpc) is 3.07. The van der Waals surface area contributed by atoms with E-state index in [0.29, 0.717) is 0 Å². The summed E-state index contributed by atoms with van der Waals surface area (Å²) in [6, 6.07) is 7.44. The van der Waals surface area contributed by atoms with Crippen molar-refractivity contribution in [1.82, 2.24) is 5.32 Å². The van der Waals surface area contributed by atoms with E-state index in [1.54, 1.807) is 0 Å². The third-order valence-electron chi connectivity index (χ3n) is 2.89. The summed E-state index contributed by atoms with van der Waals surface area (Å²) in [5, 5.41) is 15.0. The van der Waals surface area contributed by atoms with E-state index in [9.17, 15) is 4.79 Å². The van der Waals surface area contributed by atoms with Gasteiger partial charge in [-0.15, -0.1) is 0 Å². The van der Waals surface area contributed by atoms with Gasteiger partial charge in [0.05, 0.1) is 13.2 Å². The summed E-state index contributed by atoms with van der Waals surface area (Å²) in [7, 11) is 0. The first-order valence-corrected chi connectivity index (χ1v) is 6.34. The molecule has 1 amide bonds. The molecular formula is C12H15BrN2O2. The Kier molecular flexibility index (Phi) is 3.81. The largest absolute Gasteiger partial charge is 0.394 e. The fourth-order valence-electron chi connectivity index (χ4n) is 1.58. The van der Waals surface area contributed by atoms with Crippen LogP contribution < -0.4 is 10.6 Å². The lowest BCUT2D eigenvalue weighted by molar-refractivity contribution is -0.115. The molecule has 1 fully saturated rings. The van der Waals surface area contributed by atoms with Crippen LogP contribution in [0.5, 0.6) is 0 Å². The number of carbonyl (C=O) groups excluding carboxylic acids is 1. The summed E-state index contributed by atoms with van der Waals surface area (Å²) in [5.41, 5.74) is 0.564. The van der Waals surface area contributed by atoms with Crippen molar-refractivity contribution in [1.29, 1.82) is 0 Å². The zero-order chi connectivity index (χ0) is 12.3. The van der Waals surface area contributed by atoms with Crippen molar-refractivity contribution in [3.05, 3.63) is 28.7 Å². The molecule has 0 heterocycles. The zero-order valence-corrected chi connectivity index (χ0v) is 11.0. The number of aliphatic hydroxyl groups is 1. The van der Waals surface area contributed by atoms with E-state index in [0.717, 1.165) is 23.0 Å². The van der Waals surface area contributed by atoms with E-state index in [1.165, 1.54) is 0 Å². The first kappa shape index (κ1) is 12.5. The predicted molar refractivity (Wildman–Crippen MR) is 69.8 cm³/mol. The second-order valence-corrected chi connectivity index (χ2v) is 5.27. The standard InChI is InChI=1S/C12H15BrN2O2/c13-9-2-1-3-10(6-9)15-11(17)7-14-12(8-16)4-5-12/h1-3,6,14,16H,4-5,7-8H2,(H,15,17). The molecule has 0 aromatic heterocycles. The summed E-state index contributed by atoms with van der Waals surface area (Å²) < 4.78 is 0.928. The molecule has 92 valence electrons. The van der Waals surface area contributed by atoms with Gasteiger partial charge in [-0.3, -0.25) is 4.79 Å². The Hall–Kier alpha value is -0.910. The molecule has 4 nitrogen and oxygen atoms in total. The molecule has 0 bridgehead atoms. The highest BCUT2D eigenvalue weighted by Gasteiger charge is 2.41. The molecule has 1 aliphatic rings. The minimum Gasteiger partial charge on any atom is -0.394 e. The number of rotatable bonds is 5. The maximum atomic E-state index is 11.6. The Morgan fingerprint density at radius 2 is 2.24 bits per heavy atom. The van der Waals surface area contributed by atoms with Gasteiger partial charge in [-0.1, -0.05) is 22.0 Å². The Morgan fingerprint density at radius 3 is 2.82 bits per heavy atom. The third kappa shape index (κ3) is 3.52. The molecule has 0 atom stereocenters. The van der Waals surface area contributed by atoms with Crippen molar-refractivity contribution >= 4 is 27.5 Å². The van der Waals surface area contributed by atoms with Gasteiger partial charge < -0.3 is 15.7 Å². The average molecular weight is 299 g/mol. The van der Waals surface area contributed by atoms with E-state index >= 15 is 0 Å². The Morgan fingerprint density at radius 1 is 1.47 bits per heavy atom. The Bertz CT molecular complexity index is 419. The quantitative estimate of drug-likeness (QED) is 0.772. The molecule has 5 heteroatoms. The first-order valence-electron chi connectivity index (χ1n) is 5.55. The lowest BCUT2D eigenvalue weighted by atomic mass is 10.3. The van der Waals surface area contributed by atoms with Gasteiger partial charge in [-0.25, -0.2) is 0 Å². The van der Waals surface area contributed by atoms with Gasteiger partial charge in [0.15, 0.2) is 0 Å². The Labute approximate surface area is 109 Å². The smallest absolute Gasteiger partial charge is 0.238 e. The summed E-state index contributed by atoms with van der Waals surface area (Å²) >= 11 is 3.34. The van der Waals surface area contributed by atoms with Crippen LogP contribution in [0.3, 0.4) is 0 Å². The molecule has 0 spiro atoms. The van der Waals surface area contributed by atoms with Crippen LogP contribution >= 0.6 is 15.9 Å². The number of carbonyl (C=O) groups is 1. The summed E-state index contributed by atoms with van der Waals surface area (Å²) in [5.74, 6) is -0.0946. The van der Waals surface area contributed by atoms with Gasteiger partial charge in [-0.2, -0.15) is 0 Å². The van der Waals surface area contributed by atoms with E-state index in [-0.39, 0.29) is 24.6 Å². The van der Waals surface area contributed by atoms with Crippen LogP contribution in [0.4, 0.5) is 5.69 Å². The number of aliphatic hydroxyl groups excluding tert-OH is 1. The fourth-order valence-corrected chi connectivity index (χ4v) is 1.98. The van der Waals surface area contributed by atoms with Gasteiger partial charge in [0.25, 0.3) is 0 Å². The lowest BCUT2D eigenvalue weighted by Crippen LogP contribution is -2.40. The number of nitrogens with one attached hydrogen (secondary N) is 2. The fraction of sp³-hybridized carbons (Fsp3) is 0.417. The van der Waals surface area contributed by atoms with Crippen LogP contribution in [0.25, 0.3) is 0 Å². The number of anilines is 1. The van der Waals surface area contributed by atoms with E-state index in [2.05, 4.69) is 26.6 Å².